The Labute approximate surface area is 176 Å². The Morgan fingerprint density at radius 3 is 2.53 bits per heavy atom. The van der Waals surface area contributed by atoms with Gasteiger partial charge in [0.05, 0.1) is 5.56 Å². The minimum absolute atomic E-state index is 0.0206. The van der Waals surface area contributed by atoms with Gasteiger partial charge in [-0.1, -0.05) is 30.3 Å². The smallest absolute Gasteiger partial charge is 0.257 e. The zero-order valence-electron chi connectivity index (χ0n) is 16.8. The number of likely N-dealkylation sites (tertiary alicyclic amines) is 1. The molecule has 154 valence electrons. The van der Waals surface area contributed by atoms with Gasteiger partial charge in [0.15, 0.2) is 0 Å². The summed E-state index contributed by atoms with van der Waals surface area (Å²) in [6, 6.07) is 16.4. The van der Waals surface area contributed by atoms with Gasteiger partial charge in [-0.25, -0.2) is 14.4 Å². The molecule has 2 heterocycles. The van der Waals surface area contributed by atoms with Crippen LogP contribution in [-0.2, 0) is 6.42 Å². The maximum Gasteiger partial charge on any atom is 0.257 e. The molecule has 2 aromatic carbocycles. The molecule has 5 nitrogen and oxygen atoms in total. The van der Waals surface area contributed by atoms with Crippen LogP contribution in [-0.4, -0.2) is 33.9 Å². The first-order chi connectivity index (χ1) is 14.7. The fourth-order valence-corrected chi connectivity index (χ4v) is 3.84. The molecule has 3 aromatic rings. The molecule has 1 aliphatic rings. The van der Waals surface area contributed by atoms with Crippen LogP contribution in [0.2, 0.25) is 0 Å². The number of aryl methyl sites for hydroxylation is 1. The number of nitrogens with one attached hydrogen (secondary N) is 1. The third-order valence-electron chi connectivity index (χ3n) is 5.49. The second kappa shape index (κ2) is 9.48. The molecular weight excluding hydrogens is 379 g/mol. The summed E-state index contributed by atoms with van der Waals surface area (Å²) in [4.78, 5) is 23.4. The number of anilines is 2. The van der Waals surface area contributed by atoms with Gasteiger partial charge in [-0.05, 0) is 61.4 Å². The summed E-state index contributed by atoms with van der Waals surface area (Å²) in [6.45, 7) is 1.50. The van der Waals surface area contributed by atoms with Gasteiger partial charge in [-0.2, -0.15) is 0 Å². The van der Waals surface area contributed by atoms with Crippen molar-refractivity contribution in [3.8, 4) is 0 Å². The molecule has 1 aliphatic heterocycles. The average molecular weight is 404 g/mol. The molecule has 0 spiro atoms. The standard InChI is InChI=1S/C24H25FN4O/c25-21-12-10-18(11-13-21)8-9-19-5-4-14-29(17-19)23(30)20-15-26-24(27-16-20)28-22-6-2-1-3-7-22/h1-3,6-7,10-13,15-16,19H,4-5,8-9,14,17H2,(H,26,27,28). The number of carbonyl (C=O) groups excluding carboxylic acids is 1. The van der Waals surface area contributed by atoms with Crippen LogP contribution >= 0.6 is 0 Å². The second-order valence-electron chi connectivity index (χ2n) is 7.71. The number of amides is 1. The number of halogens is 1. The van der Waals surface area contributed by atoms with Crippen molar-refractivity contribution in [3.05, 3.63) is 83.9 Å². The van der Waals surface area contributed by atoms with Crippen molar-refractivity contribution in [3.63, 3.8) is 0 Å². The predicted octanol–water partition coefficient (Wildman–Crippen LogP) is 4.84. The first kappa shape index (κ1) is 20.0. The predicted molar refractivity (Wildman–Crippen MR) is 115 cm³/mol. The lowest BCUT2D eigenvalue weighted by molar-refractivity contribution is 0.0667. The molecule has 0 radical (unpaired) electrons. The van der Waals surface area contributed by atoms with Gasteiger partial charge in [0.1, 0.15) is 5.82 Å². The summed E-state index contributed by atoms with van der Waals surface area (Å²) in [5, 5.41) is 3.12. The summed E-state index contributed by atoms with van der Waals surface area (Å²) in [5.41, 5.74) is 2.54. The number of hydrogen-bond donors (Lipinski definition) is 1. The zero-order chi connectivity index (χ0) is 20.8. The molecule has 1 aromatic heterocycles. The number of aromatic nitrogens is 2. The van der Waals surface area contributed by atoms with Crippen molar-refractivity contribution in [2.24, 2.45) is 5.92 Å². The van der Waals surface area contributed by atoms with E-state index in [0.29, 0.717) is 17.4 Å². The van der Waals surface area contributed by atoms with Crippen LogP contribution in [0.15, 0.2) is 67.0 Å². The number of nitrogens with zero attached hydrogens (tertiary/aromatic N) is 3. The zero-order valence-corrected chi connectivity index (χ0v) is 16.8. The Bertz CT molecular complexity index is 961. The maximum atomic E-state index is 13.1. The highest BCUT2D eigenvalue weighted by Crippen LogP contribution is 2.23. The van der Waals surface area contributed by atoms with Crippen molar-refractivity contribution in [2.75, 3.05) is 18.4 Å². The second-order valence-corrected chi connectivity index (χ2v) is 7.71. The van der Waals surface area contributed by atoms with E-state index < -0.39 is 0 Å². The Kier molecular flexibility index (Phi) is 6.32. The van der Waals surface area contributed by atoms with Crippen LogP contribution in [0.1, 0.15) is 35.2 Å². The summed E-state index contributed by atoms with van der Waals surface area (Å²) < 4.78 is 13.1. The van der Waals surface area contributed by atoms with E-state index >= 15 is 0 Å². The molecule has 6 heteroatoms. The van der Waals surface area contributed by atoms with Crippen LogP contribution in [0.5, 0.6) is 0 Å². The van der Waals surface area contributed by atoms with Crippen LogP contribution in [0.3, 0.4) is 0 Å². The van der Waals surface area contributed by atoms with E-state index in [1.54, 1.807) is 12.4 Å². The van der Waals surface area contributed by atoms with E-state index in [1.807, 2.05) is 47.4 Å². The molecule has 30 heavy (non-hydrogen) atoms. The summed E-state index contributed by atoms with van der Waals surface area (Å²) in [7, 11) is 0. The molecule has 0 aliphatic carbocycles. The molecular formula is C24H25FN4O. The number of carbonyl (C=O) groups is 1. The van der Waals surface area contributed by atoms with E-state index in [1.165, 1.54) is 12.1 Å². The highest BCUT2D eigenvalue weighted by molar-refractivity contribution is 5.93. The van der Waals surface area contributed by atoms with Crippen molar-refractivity contribution in [1.82, 2.24) is 14.9 Å². The maximum absolute atomic E-state index is 13.1. The minimum atomic E-state index is -0.208. The van der Waals surface area contributed by atoms with Gasteiger partial charge in [0.2, 0.25) is 5.95 Å². The Hall–Kier alpha value is -3.28. The molecule has 1 atom stereocenters. The van der Waals surface area contributed by atoms with Crippen molar-refractivity contribution in [2.45, 2.75) is 25.7 Å². The minimum Gasteiger partial charge on any atom is -0.338 e. The molecule has 1 N–H and O–H groups in total. The van der Waals surface area contributed by atoms with Gasteiger partial charge in [0, 0.05) is 31.2 Å². The van der Waals surface area contributed by atoms with Crippen molar-refractivity contribution in [1.29, 1.82) is 0 Å². The van der Waals surface area contributed by atoms with Gasteiger partial charge in [-0.3, -0.25) is 4.79 Å². The molecule has 1 saturated heterocycles. The third kappa shape index (κ3) is 5.20. The lowest BCUT2D eigenvalue weighted by Gasteiger charge is -2.32. The average Bonchev–Trinajstić information content (AvgIpc) is 2.80. The lowest BCUT2D eigenvalue weighted by Crippen LogP contribution is -2.40. The molecule has 0 saturated carbocycles. The first-order valence-corrected chi connectivity index (χ1v) is 10.4. The van der Waals surface area contributed by atoms with E-state index in [0.717, 1.165) is 50.0 Å². The molecule has 0 bridgehead atoms. The van der Waals surface area contributed by atoms with Gasteiger partial charge >= 0.3 is 0 Å². The number of rotatable bonds is 6. The van der Waals surface area contributed by atoms with E-state index in [2.05, 4.69) is 15.3 Å². The van der Waals surface area contributed by atoms with Gasteiger partial charge in [-0.15, -0.1) is 0 Å². The Balaban J connectivity index is 1.32. The quantitative estimate of drug-likeness (QED) is 0.638. The molecule has 4 rings (SSSR count). The van der Waals surface area contributed by atoms with Crippen LogP contribution in [0.4, 0.5) is 16.0 Å². The third-order valence-corrected chi connectivity index (χ3v) is 5.49. The summed E-state index contributed by atoms with van der Waals surface area (Å²) >= 11 is 0. The highest BCUT2D eigenvalue weighted by Gasteiger charge is 2.24. The topological polar surface area (TPSA) is 58.1 Å². The van der Waals surface area contributed by atoms with Crippen LogP contribution in [0.25, 0.3) is 0 Å². The Morgan fingerprint density at radius 1 is 1.07 bits per heavy atom. The number of hydrogen-bond acceptors (Lipinski definition) is 4. The van der Waals surface area contributed by atoms with E-state index in [4.69, 9.17) is 0 Å². The van der Waals surface area contributed by atoms with E-state index in [-0.39, 0.29) is 11.7 Å². The van der Waals surface area contributed by atoms with E-state index in [9.17, 15) is 9.18 Å². The fraction of sp³-hybridized carbons (Fsp3) is 0.292. The number of benzene rings is 2. The van der Waals surface area contributed by atoms with Crippen LogP contribution < -0.4 is 5.32 Å². The van der Waals surface area contributed by atoms with Crippen molar-refractivity contribution < 1.29 is 9.18 Å². The normalized spacial score (nSPS) is 16.3. The first-order valence-electron chi connectivity index (χ1n) is 10.4. The molecule has 1 fully saturated rings. The fourth-order valence-electron chi connectivity index (χ4n) is 3.84. The monoisotopic (exact) mass is 404 g/mol. The van der Waals surface area contributed by atoms with Crippen molar-refractivity contribution >= 4 is 17.5 Å². The highest BCUT2D eigenvalue weighted by atomic mass is 19.1. The summed E-state index contributed by atoms with van der Waals surface area (Å²) in [6.07, 6.45) is 7.17. The SMILES string of the molecule is O=C(c1cnc(Nc2ccccc2)nc1)N1CCCC(CCc2ccc(F)cc2)C1. The lowest BCUT2D eigenvalue weighted by atomic mass is 9.91. The number of para-hydroxylation sites is 1. The summed E-state index contributed by atoms with van der Waals surface area (Å²) in [5.74, 6) is 0.689. The Morgan fingerprint density at radius 2 is 1.80 bits per heavy atom. The van der Waals surface area contributed by atoms with Gasteiger partial charge < -0.3 is 10.2 Å². The van der Waals surface area contributed by atoms with Crippen LogP contribution in [0, 0.1) is 11.7 Å². The molecule has 1 unspecified atom stereocenters. The van der Waals surface area contributed by atoms with Gasteiger partial charge in [0.25, 0.3) is 5.91 Å². The molecule has 1 amide bonds. The number of piperidine rings is 1. The largest absolute Gasteiger partial charge is 0.338 e.